The van der Waals surface area contributed by atoms with E-state index < -0.39 is 0 Å². The average molecular weight is 366 g/mol. The molecule has 0 unspecified atom stereocenters. The lowest BCUT2D eigenvalue weighted by Crippen LogP contribution is -2.40. The molecular formula is C21H26N4O2. The molecule has 1 aliphatic heterocycles. The van der Waals surface area contributed by atoms with E-state index in [2.05, 4.69) is 35.9 Å². The Labute approximate surface area is 160 Å². The van der Waals surface area contributed by atoms with Gasteiger partial charge in [-0.3, -0.25) is 14.6 Å². The van der Waals surface area contributed by atoms with Gasteiger partial charge in [-0.2, -0.15) is 0 Å². The van der Waals surface area contributed by atoms with Crippen molar-refractivity contribution < 1.29 is 9.59 Å². The second-order valence-corrected chi connectivity index (χ2v) is 7.32. The highest BCUT2D eigenvalue weighted by atomic mass is 16.2. The summed E-state index contributed by atoms with van der Waals surface area (Å²) in [6.45, 7) is 6.48. The van der Waals surface area contributed by atoms with Crippen LogP contribution in [-0.2, 0) is 17.8 Å². The maximum absolute atomic E-state index is 12.7. The Hall–Kier alpha value is -2.76. The maximum atomic E-state index is 12.7. The van der Waals surface area contributed by atoms with E-state index in [0.717, 1.165) is 13.0 Å². The molecule has 3 rings (SSSR count). The van der Waals surface area contributed by atoms with Crippen molar-refractivity contribution >= 4 is 11.8 Å². The van der Waals surface area contributed by atoms with E-state index in [-0.39, 0.29) is 11.8 Å². The van der Waals surface area contributed by atoms with Gasteiger partial charge >= 0.3 is 0 Å². The second-order valence-electron chi connectivity index (χ2n) is 7.32. The first kappa shape index (κ1) is 19.0. The van der Waals surface area contributed by atoms with Crippen molar-refractivity contribution in [3.05, 3.63) is 59.7 Å². The Balaban J connectivity index is 1.61. The van der Waals surface area contributed by atoms with Crippen molar-refractivity contribution in [2.24, 2.45) is 5.92 Å². The van der Waals surface area contributed by atoms with Gasteiger partial charge in [-0.1, -0.05) is 38.1 Å². The van der Waals surface area contributed by atoms with Crippen LogP contribution in [0.3, 0.4) is 0 Å². The van der Waals surface area contributed by atoms with E-state index in [9.17, 15) is 9.59 Å². The van der Waals surface area contributed by atoms with Gasteiger partial charge in [-0.05, 0) is 23.5 Å². The Kier molecular flexibility index (Phi) is 6.16. The number of carbonyl (C=O) groups is 2. The first-order valence-electron chi connectivity index (χ1n) is 9.44. The zero-order valence-corrected chi connectivity index (χ0v) is 16.0. The highest BCUT2D eigenvalue weighted by molar-refractivity contribution is 5.92. The van der Waals surface area contributed by atoms with Crippen LogP contribution < -0.4 is 0 Å². The molecule has 1 aromatic heterocycles. The highest BCUT2D eigenvalue weighted by Crippen LogP contribution is 2.19. The fraction of sp³-hybridized carbons (Fsp3) is 0.429. The zero-order valence-electron chi connectivity index (χ0n) is 16.0. The van der Waals surface area contributed by atoms with Crippen LogP contribution in [0.5, 0.6) is 0 Å². The first-order chi connectivity index (χ1) is 13.0. The van der Waals surface area contributed by atoms with Crippen LogP contribution in [0.25, 0.3) is 0 Å². The van der Waals surface area contributed by atoms with Crippen molar-refractivity contribution in [3.8, 4) is 0 Å². The molecule has 27 heavy (non-hydrogen) atoms. The number of carbonyl (C=O) groups excluding carboxylic acids is 2. The number of hydrogen-bond acceptors (Lipinski definition) is 4. The third kappa shape index (κ3) is 4.90. The van der Waals surface area contributed by atoms with Gasteiger partial charge in [-0.15, -0.1) is 0 Å². The monoisotopic (exact) mass is 366 g/mol. The summed E-state index contributed by atoms with van der Waals surface area (Å²) >= 11 is 0. The fourth-order valence-electron chi connectivity index (χ4n) is 3.39. The van der Waals surface area contributed by atoms with Crippen LogP contribution >= 0.6 is 0 Å². The number of nitrogens with zero attached hydrogens (tertiary/aromatic N) is 4. The summed E-state index contributed by atoms with van der Waals surface area (Å²) in [6, 6.07) is 8.26. The van der Waals surface area contributed by atoms with Crippen molar-refractivity contribution in [1.29, 1.82) is 0 Å². The molecule has 1 aliphatic rings. The lowest BCUT2D eigenvalue weighted by atomic mass is 10.00. The molecular weight excluding hydrogens is 340 g/mol. The number of fused-ring (bicyclic) bond motifs is 1. The summed E-state index contributed by atoms with van der Waals surface area (Å²) in [7, 11) is 0. The molecule has 0 aliphatic carbocycles. The molecule has 0 saturated heterocycles. The lowest BCUT2D eigenvalue weighted by molar-refractivity contribution is -0.132. The molecule has 0 atom stereocenters. The van der Waals surface area contributed by atoms with Gasteiger partial charge in [-0.25, -0.2) is 4.98 Å². The molecule has 6 heteroatoms. The molecule has 142 valence electrons. The summed E-state index contributed by atoms with van der Waals surface area (Å²) in [6.07, 6.45) is 5.73. The normalized spacial score (nSPS) is 13.4. The van der Waals surface area contributed by atoms with E-state index in [0.29, 0.717) is 37.7 Å². The summed E-state index contributed by atoms with van der Waals surface area (Å²) in [5.41, 5.74) is 2.85. The van der Waals surface area contributed by atoms with Crippen LogP contribution in [-0.4, -0.2) is 51.2 Å². The molecule has 0 saturated carbocycles. The predicted molar refractivity (Wildman–Crippen MR) is 103 cm³/mol. The molecule has 2 aromatic rings. The van der Waals surface area contributed by atoms with Crippen molar-refractivity contribution in [2.75, 3.05) is 19.6 Å². The van der Waals surface area contributed by atoms with Gasteiger partial charge in [0.05, 0.1) is 6.20 Å². The van der Waals surface area contributed by atoms with Gasteiger partial charge in [0.15, 0.2) is 0 Å². The maximum Gasteiger partial charge on any atom is 0.274 e. The Morgan fingerprint density at radius 2 is 1.96 bits per heavy atom. The number of amides is 2. The molecule has 0 fully saturated rings. The number of benzene rings is 1. The summed E-state index contributed by atoms with van der Waals surface area (Å²) < 4.78 is 0. The fourth-order valence-corrected chi connectivity index (χ4v) is 3.39. The van der Waals surface area contributed by atoms with Gasteiger partial charge in [0.2, 0.25) is 5.91 Å². The molecule has 2 heterocycles. The predicted octanol–water partition coefficient (Wildman–Crippen LogP) is 2.55. The van der Waals surface area contributed by atoms with Crippen LogP contribution in [0.1, 0.15) is 41.9 Å². The standard InChI is InChI=1S/C21H26N4O2/c1-16(2)14-25(21(27)19-13-22-9-10-23-19)12-8-20(26)24-11-7-17-5-3-4-6-18(17)15-24/h3-6,9-10,13,16H,7-8,11-12,14-15H2,1-2H3. The van der Waals surface area contributed by atoms with Crippen molar-refractivity contribution in [1.82, 2.24) is 19.8 Å². The zero-order chi connectivity index (χ0) is 19.2. The SMILES string of the molecule is CC(C)CN(CCC(=O)N1CCc2ccccc2C1)C(=O)c1cnccn1. The van der Waals surface area contributed by atoms with Crippen molar-refractivity contribution in [3.63, 3.8) is 0 Å². The highest BCUT2D eigenvalue weighted by Gasteiger charge is 2.23. The van der Waals surface area contributed by atoms with Gasteiger partial charge < -0.3 is 9.80 Å². The summed E-state index contributed by atoms with van der Waals surface area (Å²) in [5, 5.41) is 0. The summed E-state index contributed by atoms with van der Waals surface area (Å²) in [5.74, 6) is 0.224. The van der Waals surface area contributed by atoms with Crippen LogP contribution in [0.15, 0.2) is 42.9 Å². The van der Waals surface area contributed by atoms with Crippen molar-refractivity contribution in [2.45, 2.75) is 33.2 Å². The van der Waals surface area contributed by atoms with Crippen LogP contribution in [0.4, 0.5) is 0 Å². The molecule has 0 N–H and O–H groups in total. The van der Waals surface area contributed by atoms with E-state index in [1.54, 1.807) is 11.1 Å². The smallest absolute Gasteiger partial charge is 0.274 e. The lowest BCUT2D eigenvalue weighted by Gasteiger charge is -2.30. The topological polar surface area (TPSA) is 66.4 Å². The molecule has 1 aromatic carbocycles. The minimum atomic E-state index is -0.173. The largest absolute Gasteiger partial charge is 0.338 e. The molecule has 0 radical (unpaired) electrons. The number of aromatic nitrogens is 2. The minimum Gasteiger partial charge on any atom is -0.338 e. The van der Waals surface area contributed by atoms with Gasteiger partial charge in [0, 0.05) is 45.0 Å². The number of hydrogen-bond donors (Lipinski definition) is 0. The average Bonchev–Trinajstić information content (AvgIpc) is 2.70. The first-order valence-corrected chi connectivity index (χ1v) is 9.44. The van der Waals surface area contributed by atoms with Crippen LogP contribution in [0.2, 0.25) is 0 Å². The molecule has 6 nitrogen and oxygen atoms in total. The van der Waals surface area contributed by atoms with Crippen LogP contribution in [0, 0.1) is 5.92 Å². The van der Waals surface area contributed by atoms with Gasteiger partial charge in [0.25, 0.3) is 5.91 Å². The molecule has 2 amide bonds. The Morgan fingerprint density at radius 3 is 2.67 bits per heavy atom. The van der Waals surface area contributed by atoms with E-state index in [4.69, 9.17) is 0 Å². The van der Waals surface area contributed by atoms with E-state index in [1.165, 1.54) is 23.5 Å². The second kappa shape index (κ2) is 8.75. The quantitative estimate of drug-likeness (QED) is 0.788. The third-order valence-corrected chi connectivity index (χ3v) is 4.73. The minimum absolute atomic E-state index is 0.0882. The molecule has 0 spiro atoms. The van der Waals surface area contributed by atoms with E-state index in [1.807, 2.05) is 17.0 Å². The number of rotatable bonds is 6. The van der Waals surface area contributed by atoms with Gasteiger partial charge in [0.1, 0.15) is 5.69 Å². The van der Waals surface area contributed by atoms with E-state index >= 15 is 0 Å². The molecule has 0 bridgehead atoms. The Morgan fingerprint density at radius 1 is 1.19 bits per heavy atom. The third-order valence-electron chi connectivity index (χ3n) is 4.73. The summed E-state index contributed by atoms with van der Waals surface area (Å²) in [4.78, 5) is 37.1. The Bertz CT molecular complexity index is 792.